The van der Waals surface area contributed by atoms with Crippen LogP contribution in [0.2, 0.25) is 0 Å². The molecule has 3 aromatic rings. The number of methoxy groups -OCH3 is 3. The Morgan fingerprint density at radius 2 is 1.85 bits per heavy atom. The Morgan fingerprint density at radius 3 is 2.59 bits per heavy atom. The second-order valence-corrected chi connectivity index (χ2v) is 8.44. The molecule has 1 aromatic heterocycles. The van der Waals surface area contributed by atoms with Crippen LogP contribution in [-0.4, -0.2) is 51.1 Å². The second-order valence-electron chi connectivity index (χ2n) is 8.44. The fraction of sp³-hybridized carbons (Fsp3) is 0.385. The van der Waals surface area contributed by atoms with Gasteiger partial charge in [-0.3, -0.25) is 9.59 Å². The Balaban J connectivity index is 1.35. The van der Waals surface area contributed by atoms with E-state index >= 15 is 0 Å². The van der Waals surface area contributed by atoms with Crippen LogP contribution < -0.4 is 19.5 Å². The summed E-state index contributed by atoms with van der Waals surface area (Å²) in [5.41, 5.74) is 1.69. The number of amides is 2. The minimum Gasteiger partial charge on any atom is -0.493 e. The average molecular weight is 467 g/mol. The molecule has 1 N–H and O–H groups in total. The molecule has 1 aliphatic heterocycles. The van der Waals surface area contributed by atoms with Gasteiger partial charge in [0.05, 0.1) is 33.3 Å². The maximum Gasteiger partial charge on any atom is 0.226 e. The smallest absolute Gasteiger partial charge is 0.226 e. The number of carbonyl (C=O) groups is 2. The van der Waals surface area contributed by atoms with Gasteiger partial charge in [-0.25, -0.2) is 0 Å². The Hall–Kier alpha value is -3.68. The summed E-state index contributed by atoms with van der Waals surface area (Å²) in [7, 11) is 4.78. The summed E-state index contributed by atoms with van der Waals surface area (Å²) < 4.78 is 21.9. The fourth-order valence-electron chi connectivity index (χ4n) is 4.30. The largest absolute Gasteiger partial charge is 0.493 e. The predicted molar refractivity (Wildman–Crippen MR) is 127 cm³/mol. The average Bonchev–Trinajstić information content (AvgIpc) is 3.46. The minimum atomic E-state index is -0.390. The summed E-state index contributed by atoms with van der Waals surface area (Å²) in [4.78, 5) is 27.2. The van der Waals surface area contributed by atoms with Crippen LogP contribution in [0.4, 0.5) is 0 Å². The van der Waals surface area contributed by atoms with Gasteiger partial charge in [-0.15, -0.1) is 0 Å². The van der Waals surface area contributed by atoms with Crippen molar-refractivity contribution in [3.63, 3.8) is 0 Å². The summed E-state index contributed by atoms with van der Waals surface area (Å²) in [5, 5.41) is 3.91. The molecule has 2 aromatic carbocycles. The Bertz CT molecular complexity index is 1190. The molecule has 8 heteroatoms. The van der Waals surface area contributed by atoms with Crippen LogP contribution in [0.25, 0.3) is 11.0 Å². The molecule has 0 saturated carbocycles. The zero-order valence-corrected chi connectivity index (χ0v) is 19.9. The van der Waals surface area contributed by atoms with Crippen molar-refractivity contribution in [3.8, 4) is 17.2 Å². The van der Waals surface area contributed by atoms with Gasteiger partial charge in [0.25, 0.3) is 0 Å². The van der Waals surface area contributed by atoms with E-state index in [1.165, 1.54) is 0 Å². The molecule has 1 aliphatic rings. The van der Waals surface area contributed by atoms with Gasteiger partial charge in [-0.2, -0.15) is 0 Å². The maximum atomic E-state index is 12.9. The standard InChI is InChI=1S/C26H30N2O6/c1-16(22-13-18-6-5-7-21(32-3)25(18)34-22)27-26(30)19-14-24(29)28(15-19)11-10-17-8-9-20(31-2)23(12-17)33-4/h5-9,12-13,16,19H,10-11,14-15H2,1-4H3,(H,27,30). The van der Waals surface area contributed by atoms with E-state index in [9.17, 15) is 9.59 Å². The van der Waals surface area contributed by atoms with E-state index in [2.05, 4.69) is 5.32 Å². The lowest BCUT2D eigenvalue weighted by Crippen LogP contribution is -2.34. The van der Waals surface area contributed by atoms with Crippen molar-refractivity contribution in [2.24, 2.45) is 5.92 Å². The van der Waals surface area contributed by atoms with Crippen molar-refractivity contribution >= 4 is 22.8 Å². The van der Waals surface area contributed by atoms with Crippen LogP contribution in [0, 0.1) is 5.92 Å². The highest BCUT2D eigenvalue weighted by Gasteiger charge is 2.34. The number of furan rings is 1. The summed E-state index contributed by atoms with van der Waals surface area (Å²) in [6.07, 6.45) is 0.871. The Morgan fingerprint density at radius 1 is 1.09 bits per heavy atom. The van der Waals surface area contributed by atoms with Gasteiger partial charge in [-0.05, 0) is 43.2 Å². The number of hydrogen-bond acceptors (Lipinski definition) is 6. The number of para-hydroxylation sites is 1. The summed E-state index contributed by atoms with van der Waals surface area (Å²) in [6, 6.07) is 12.9. The number of fused-ring (bicyclic) bond motifs is 1. The summed E-state index contributed by atoms with van der Waals surface area (Å²) in [6.45, 7) is 2.81. The highest BCUT2D eigenvalue weighted by molar-refractivity contribution is 5.89. The first kappa shape index (κ1) is 23.5. The van der Waals surface area contributed by atoms with Gasteiger partial charge in [0, 0.05) is 24.9 Å². The molecular weight excluding hydrogens is 436 g/mol. The van der Waals surface area contributed by atoms with Gasteiger partial charge in [0.15, 0.2) is 22.8 Å². The maximum absolute atomic E-state index is 12.9. The summed E-state index contributed by atoms with van der Waals surface area (Å²) >= 11 is 0. The van der Waals surface area contributed by atoms with Crippen molar-refractivity contribution in [2.75, 3.05) is 34.4 Å². The highest BCUT2D eigenvalue weighted by atomic mass is 16.5. The zero-order valence-electron chi connectivity index (χ0n) is 19.9. The first-order valence-electron chi connectivity index (χ1n) is 11.3. The number of rotatable bonds is 9. The number of likely N-dealkylation sites (tertiary alicyclic amines) is 1. The third kappa shape index (κ3) is 4.81. The first-order chi connectivity index (χ1) is 16.4. The van der Waals surface area contributed by atoms with E-state index in [4.69, 9.17) is 18.6 Å². The van der Waals surface area contributed by atoms with Crippen molar-refractivity contribution in [3.05, 3.63) is 53.8 Å². The van der Waals surface area contributed by atoms with Crippen LogP contribution in [0.15, 0.2) is 46.9 Å². The number of benzene rings is 2. The molecule has 2 heterocycles. The summed E-state index contributed by atoms with van der Waals surface area (Å²) in [5.74, 6) is 2.05. The van der Waals surface area contributed by atoms with Gasteiger partial charge in [0.2, 0.25) is 11.8 Å². The lowest BCUT2D eigenvalue weighted by atomic mass is 10.1. The van der Waals surface area contributed by atoms with Gasteiger partial charge in [0.1, 0.15) is 5.76 Å². The molecule has 2 atom stereocenters. The second kappa shape index (κ2) is 10.1. The fourth-order valence-corrected chi connectivity index (χ4v) is 4.30. The lowest BCUT2D eigenvalue weighted by molar-refractivity contribution is -0.129. The van der Waals surface area contributed by atoms with Gasteiger partial charge in [-0.1, -0.05) is 18.2 Å². The van der Waals surface area contributed by atoms with Crippen LogP contribution in [-0.2, 0) is 16.0 Å². The van der Waals surface area contributed by atoms with Crippen molar-refractivity contribution < 1.29 is 28.2 Å². The molecule has 2 unspecified atom stereocenters. The van der Waals surface area contributed by atoms with E-state index in [1.54, 1.807) is 26.2 Å². The molecule has 2 amide bonds. The van der Waals surface area contributed by atoms with E-state index in [0.717, 1.165) is 10.9 Å². The van der Waals surface area contributed by atoms with E-state index in [-0.39, 0.29) is 30.2 Å². The number of ether oxygens (including phenoxy) is 3. The Labute approximate surface area is 198 Å². The number of nitrogens with one attached hydrogen (secondary N) is 1. The van der Waals surface area contributed by atoms with E-state index < -0.39 is 0 Å². The molecule has 0 spiro atoms. The molecule has 0 radical (unpaired) electrons. The van der Waals surface area contributed by atoms with Crippen LogP contribution in [0.1, 0.15) is 30.7 Å². The SMILES string of the molecule is COc1ccc(CCN2CC(C(=O)NC(C)c3cc4cccc(OC)c4o3)CC2=O)cc1OC. The van der Waals surface area contributed by atoms with Crippen molar-refractivity contribution in [2.45, 2.75) is 25.8 Å². The zero-order chi connectivity index (χ0) is 24.2. The third-order valence-corrected chi connectivity index (χ3v) is 6.24. The molecule has 4 rings (SSSR count). The first-order valence-corrected chi connectivity index (χ1v) is 11.3. The molecule has 0 bridgehead atoms. The van der Waals surface area contributed by atoms with E-state index in [1.807, 2.05) is 49.4 Å². The molecular formula is C26H30N2O6. The predicted octanol–water partition coefficient (Wildman–Crippen LogP) is 3.73. The lowest BCUT2D eigenvalue weighted by Gasteiger charge is -2.18. The van der Waals surface area contributed by atoms with Crippen LogP contribution >= 0.6 is 0 Å². The minimum absolute atomic E-state index is 0.0123. The topological polar surface area (TPSA) is 90.2 Å². The number of nitrogens with zero attached hydrogens (tertiary/aromatic N) is 1. The molecule has 8 nitrogen and oxygen atoms in total. The molecule has 0 aliphatic carbocycles. The third-order valence-electron chi connectivity index (χ3n) is 6.24. The van der Waals surface area contributed by atoms with Crippen LogP contribution in [0.5, 0.6) is 17.2 Å². The number of hydrogen-bond donors (Lipinski definition) is 1. The van der Waals surface area contributed by atoms with Gasteiger partial charge >= 0.3 is 0 Å². The number of carbonyl (C=O) groups excluding carboxylic acids is 2. The Kier molecular flexibility index (Phi) is 6.95. The van der Waals surface area contributed by atoms with Crippen molar-refractivity contribution in [1.29, 1.82) is 0 Å². The van der Waals surface area contributed by atoms with E-state index in [0.29, 0.717) is 48.1 Å². The molecule has 1 fully saturated rings. The molecule has 34 heavy (non-hydrogen) atoms. The normalized spacial score (nSPS) is 16.5. The van der Waals surface area contributed by atoms with Gasteiger partial charge < -0.3 is 28.8 Å². The highest BCUT2D eigenvalue weighted by Crippen LogP contribution is 2.31. The monoisotopic (exact) mass is 466 g/mol. The quantitative estimate of drug-likeness (QED) is 0.517. The molecule has 180 valence electrons. The molecule has 1 saturated heterocycles. The van der Waals surface area contributed by atoms with Crippen molar-refractivity contribution in [1.82, 2.24) is 10.2 Å². The van der Waals surface area contributed by atoms with Crippen LogP contribution in [0.3, 0.4) is 0 Å².